The van der Waals surface area contributed by atoms with Gasteiger partial charge in [-0.05, 0) is 42.0 Å². The van der Waals surface area contributed by atoms with Crippen molar-refractivity contribution in [2.24, 2.45) is 0 Å². The van der Waals surface area contributed by atoms with Crippen LogP contribution in [0.3, 0.4) is 0 Å². The maximum Gasteiger partial charge on any atom is 0.258 e. The maximum absolute atomic E-state index is 13.6. The van der Waals surface area contributed by atoms with Crippen LogP contribution in [0.15, 0.2) is 83.2 Å². The number of aromatic amines is 1. The molecule has 0 fully saturated rings. The lowest BCUT2D eigenvalue weighted by atomic mass is 10.1. The van der Waals surface area contributed by atoms with Gasteiger partial charge in [0.15, 0.2) is 0 Å². The third-order valence-corrected chi connectivity index (χ3v) is 5.70. The first-order valence-corrected chi connectivity index (χ1v) is 10.9. The minimum Gasteiger partial charge on any atom is -0.488 e. The minimum atomic E-state index is -0.230. The second-order valence-electron chi connectivity index (χ2n) is 7.82. The first-order valence-electron chi connectivity index (χ1n) is 10.5. The minimum absolute atomic E-state index is 0.146. The highest BCUT2D eigenvalue weighted by Crippen LogP contribution is 2.30. The standard InChI is InChI=1S/C26H20ClN3O3/c27-20-10-11-23-18(13-20)12-19(16-33-23)26(32)30(14-17-6-2-1-3-7-17)15-24-28-22-9-5-4-8-21(22)25(31)29-24/h1-13H,14-16H2,(H,28,29,31). The number of nitrogens with one attached hydrogen (secondary N) is 1. The van der Waals surface area contributed by atoms with Gasteiger partial charge in [0.05, 0.1) is 23.0 Å². The number of benzene rings is 3. The fraction of sp³-hybridized carbons (Fsp3) is 0.115. The van der Waals surface area contributed by atoms with Gasteiger partial charge in [-0.25, -0.2) is 4.98 Å². The van der Waals surface area contributed by atoms with Crippen molar-refractivity contribution in [2.45, 2.75) is 13.1 Å². The van der Waals surface area contributed by atoms with Crippen LogP contribution in [-0.2, 0) is 17.9 Å². The van der Waals surface area contributed by atoms with Crippen LogP contribution >= 0.6 is 11.6 Å². The van der Waals surface area contributed by atoms with Crippen LogP contribution in [0.5, 0.6) is 5.75 Å². The highest BCUT2D eigenvalue weighted by molar-refractivity contribution is 6.30. The summed E-state index contributed by atoms with van der Waals surface area (Å²) in [6.45, 7) is 0.657. The van der Waals surface area contributed by atoms with E-state index in [9.17, 15) is 9.59 Å². The van der Waals surface area contributed by atoms with E-state index in [0.29, 0.717) is 39.6 Å². The number of amides is 1. The van der Waals surface area contributed by atoms with Gasteiger partial charge in [-0.3, -0.25) is 9.59 Å². The summed E-state index contributed by atoms with van der Waals surface area (Å²) in [5.41, 5.74) is 2.59. The summed E-state index contributed by atoms with van der Waals surface area (Å²) in [5, 5.41) is 1.08. The lowest BCUT2D eigenvalue weighted by Crippen LogP contribution is -2.34. The number of ether oxygens (including phenoxy) is 1. The molecule has 164 valence electrons. The zero-order valence-electron chi connectivity index (χ0n) is 17.6. The topological polar surface area (TPSA) is 75.3 Å². The monoisotopic (exact) mass is 457 g/mol. The van der Waals surface area contributed by atoms with Crippen molar-refractivity contribution in [3.05, 3.63) is 111 Å². The van der Waals surface area contributed by atoms with E-state index in [2.05, 4.69) is 9.97 Å². The number of rotatable bonds is 5. The Morgan fingerprint density at radius 1 is 1.03 bits per heavy atom. The number of aromatic nitrogens is 2. The number of para-hydroxylation sites is 1. The molecule has 1 amide bonds. The Balaban J connectivity index is 1.50. The number of fused-ring (bicyclic) bond motifs is 2. The van der Waals surface area contributed by atoms with Gasteiger partial charge in [0.25, 0.3) is 11.5 Å². The fourth-order valence-electron chi connectivity index (χ4n) is 3.87. The molecule has 0 atom stereocenters. The van der Waals surface area contributed by atoms with E-state index in [1.807, 2.05) is 42.5 Å². The van der Waals surface area contributed by atoms with Crippen LogP contribution in [0, 0.1) is 0 Å². The van der Waals surface area contributed by atoms with Crippen LogP contribution in [-0.4, -0.2) is 27.4 Å². The summed E-state index contributed by atoms with van der Waals surface area (Å²) in [4.78, 5) is 35.2. The predicted molar refractivity (Wildman–Crippen MR) is 128 cm³/mol. The van der Waals surface area contributed by atoms with Gasteiger partial charge in [-0.15, -0.1) is 0 Å². The van der Waals surface area contributed by atoms with Gasteiger partial charge in [0, 0.05) is 17.1 Å². The van der Waals surface area contributed by atoms with E-state index >= 15 is 0 Å². The van der Waals surface area contributed by atoms with Gasteiger partial charge < -0.3 is 14.6 Å². The predicted octanol–water partition coefficient (Wildman–Crippen LogP) is 4.58. The Hall–Kier alpha value is -3.90. The quantitative estimate of drug-likeness (QED) is 0.476. The Morgan fingerprint density at radius 3 is 2.67 bits per heavy atom. The van der Waals surface area contributed by atoms with E-state index in [1.165, 1.54) is 0 Å². The summed E-state index contributed by atoms with van der Waals surface area (Å²) >= 11 is 6.12. The molecule has 0 saturated heterocycles. The molecule has 0 radical (unpaired) electrons. The Bertz CT molecular complexity index is 1430. The van der Waals surface area contributed by atoms with Gasteiger partial charge in [0.2, 0.25) is 0 Å². The molecular weight excluding hydrogens is 438 g/mol. The number of halogens is 1. The molecule has 1 aliphatic heterocycles. The molecule has 4 aromatic rings. The number of carbonyl (C=O) groups is 1. The molecule has 6 nitrogen and oxygen atoms in total. The number of hydrogen-bond acceptors (Lipinski definition) is 4. The summed E-state index contributed by atoms with van der Waals surface area (Å²) < 4.78 is 5.79. The summed E-state index contributed by atoms with van der Waals surface area (Å²) in [7, 11) is 0. The molecule has 5 rings (SSSR count). The lowest BCUT2D eigenvalue weighted by Gasteiger charge is -2.26. The molecule has 7 heteroatoms. The van der Waals surface area contributed by atoms with Gasteiger partial charge in [0.1, 0.15) is 18.2 Å². The largest absolute Gasteiger partial charge is 0.488 e. The van der Waals surface area contributed by atoms with E-state index in [0.717, 1.165) is 11.1 Å². The van der Waals surface area contributed by atoms with Crippen LogP contribution < -0.4 is 10.3 Å². The van der Waals surface area contributed by atoms with Gasteiger partial charge in [-0.2, -0.15) is 0 Å². The highest BCUT2D eigenvalue weighted by Gasteiger charge is 2.24. The summed E-state index contributed by atoms with van der Waals surface area (Å²) in [5.74, 6) is 0.912. The fourth-order valence-corrected chi connectivity index (χ4v) is 4.05. The number of carbonyl (C=O) groups excluding carboxylic acids is 1. The number of nitrogens with zero attached hydrogens (tertiary/aromatic N) is 2. The van der Waals surface area contributed by atoms with Crippen molar-refractivity contribution in [3.8, 4) is 5.75 Å². The third kappa shape index (κ3) is 4.52. The lowest BCUT2D eigenvalue weighted by molar-refractivity contribution is -0.128. The summed E-state index contributed by atoms with van der Waals surface area (Å²) in [6, 6.07) is 22.1. The average Bonchev–Trinajstić information content (AvgIpc) is 2.83. The Morgan fingerprint density at radius 2 is 1.82 bits per heavy atom. The third-order valence-electron chi connectivity index (χ3n) is 5.47. The molecule has 1 aliphatic rings. The molecule has 0 aliphatic carbocycles. The van der Waals surface area contributed by atoms with Gasteiger partial charge >= 0.3 is 0 Å². The molecule has 1 N–H and O–H groups in total. The van der Waals surface area contributed by atoms with Crippen LogP contribution in [0.25, 0.3) is 17.0 Å². The first kappa shape index (κ1) is 21.0. The van der Waals surface area contributed by atoms with E-state index in [4.69, 9.17) is 16.3 Å². The molecule has 0 spiro atoms. The smallest absolute Gasteiger partial charge is 0.258 e. The van der Waals surface area contributed by atoms with Crippen LogP contribution in [0.2, 0.25) is 5.02 Å². The van der Waals surface area contributed by atoms with Crippen molar-refractivity contribution < 1.29 is 9.53 Å². The molecule has 33 heavy (non-hydrogen) atoms. The van der Waals surface area contributed by atoms with Crippen LogP contribution in [0.4, 0.5) is 0 Å². The Kier molecular flexibility index (Phi) is 5.67. The maximum atomic E-state index is 13.6. The molecule has 0 bridgehead atoms. The summed E-state index contributed by atoms with van der Waals surface area (Å²) in [6.07, 6.45) is 1.81. The SMILES string of the molecule is O=C(C1=Cc2cc(Cl)ccc2OC1)N(Cc1ccccc1)Cc1nc2ccccc2c(=O)[nH]1. The zero-order chi connectivity index (χ0) is 22.8. The van der Waals surface area contributed by atoms with Crippen molar-refractivity contribution >= 4 is 34.5 Å². The van der Waals surface area contributed by atoms with Crippen molar-refractivity contribution in [1.82, 2.24) is 14.9 Å². The number of H-pyrrole nitrogens is 1. The average molecular weight is 458 g/mol. The number of hydrogen-bond donors (Lipinski definition) is 1. The molecule has 0 saturated carbocycles. The second-order valence-corrected chi connectivity index (χ2v) is 8.25. The molecule has 0 unspecified atom stereocenters. The first-order chi connectivity index (χ1) is 16.1. The van der Waals surface area contributed by atoms with E-state index in [1.54, 1.807) is 41.3 Å². The molecular formula is C26H20ClN3O3. The zero-order valence-corrected chi connectivity index (χ0v) is 18.4. The van der Waals surface area contributed by atoms with Gasteiger partial charge in [-0.1, -0.05) is 54.1 Å². The highest BCUT2D eigenvalue weighted by atomic mass is 35.5. The second kappa shape index (κ2) is 8.92. The van der Waals surface area contributed by atoms with Crippen molar-refractivity contribution in [1.29, 1.82) is 0 Å². The Labute approximate surface area is 195 Å². The molecule has 2 heterocycles. The molecule has 1 aromatic heterocycles. The van der Waals surface area contributed by atoms with Crippen molar-refractivity contribution in [2.75, 3.05) is 6.61 Å². The molecule has 3 aromatic carbocycles. The van der Waals surface area contributed by atoms with E-state index < -0.39 is 0 Å². The van der Waals surface area contributed by atoms with Crippen LogP contribution in [0.1, 0.15) is 17.0 Å². The van der Waals surface area contributed by atoms with Crippen molar-refractivity contribution in [3.63, 3.8) is 0 Å². The van der Waals surface area contributed by atoms with E-state index in [-0.39, 0.29) is 24.6 Å². The normalized spacial score (nSPS) is 12.6.